The summed E-state index contributed by atoms with van der Waals surface area (Å²) in [6.07, 6.45) is 2.75. The highest BCUT2D eigenvalue weighted by molar-refractivity contribution is 5.88. The number of hydrogen-bond donors (Lipinski definition) is 0. The zero-order chi connectivity index (χ0) is 15.8. The predicted octanol–water partition coefficient (Wildman–Crippen LogP) is 2.62. The Balaban J connectivity index is 1.84. The largest absolute Gasteiger partial charge is 0.461 e. The summed E-state index contributed by atoms with van der Waals surface area (Å²) in [7, 11) is 0. The monoisotopic (exact) mass is 304 g/mol. The van der Waals surface area contributed by atoms with Crippen LogP contribution < -0.4 is 0 Å². The third-order valence-corrected chi connectivity index (χ3v) is 2.96. The van der Waals surface area contributed by atoms with Gasteiger partial charge in [0.15, 0.2) is 0 Å². The first-order chi connectivity index (χ1) is 10.7. The molecule has 2 aromatic rings. The first kappa shape index (κ1) is 15.6. The maximum absolute atomic E-state index is 12.1. The summed E-state index contributed by atoms with van der Waals surface area (Å²) >= 11 is 0. The third-order valence-electron chi connectivity index (χ3n) is 2.96. The van der Waals surface area contributed by atoms with Gasteiger partial charge in [0.2, 0.25) is 0 Å². The van der Waals surface area contributed by atoms with Crippen molar-refractivity contribution in [2.45, 2.75) is 12.8 Å². The number of carbonyl (C=O) groups is 1. The number of aromatic nitrogens is 1. The van der Waals surface area contributed by atoms with Crippen LogP contribution in [0.5, 0.6) is 0 Å². The lowest BCUT2D eigenvalue weighted by Crippen LogP contribution is -2.12. The van der Waals surface area contributed by atoms with Gasteiger partial charge in [-0.2, -0.15) is 0 Å². The van der Waals surface area contributed by atoms with Crippen LogP contribution in [0.3, 0.4) is 0 Å². The molecule has 1 aromatic heterocycles. The lowest BCUT2D eigenvalue weighted by atomic mass is 10.3. The molecule has 0 bridgehead atoms. The van der Waals surface area contributed by atoms with Gasteiger partial charge in [-0.25, -0.2) is 4.79 Å². The van der Waals surface area contributed by atoms with Crippen LogP contribution in [0.2, 0.25) is 0 Å². The van der Waals surface area contributed by atoms with Gasteiger partial charge in [0.05, 0.1) is 13.2 Å². The molecule has 0 saturated heterocycles. The summed E-state index contributed by atoms with van der Waals surface area (Å²) < 4.78 is 6.92. The molecule has 0 aliphatic heterocycles. The molecular formula is C15H16N2O5. The van der Waals surface area contributed by atoms with Crippen molar-refractivity contribution in [3.8, 4) is 5.69 Å². The van der Waals surface area contributed by atoms with Crippen LogP contribution in [-0.4, -0.2) is 28.8 Å². The Morgan fingerprint density at radius 1 is 1.09 bits per heavy atom. The van der Waals surface area contributed by atoms with Crippen LogP contribution in [-0.2, 0) is 9.57 Å². The van der Waals surface area contributed by atoms with E-state index in [1.165, 1.54) is 0 Å². The first-order valence-corrected chi connectivity index (χ1v) is 6.85. The standard InChI is InChI=1S/C15H16N2O5/c18-15(21-11-4-5-12-22-17(19)20)14-9-6-10-16(14)13-7-2-1-3-8-13/h1-3,6-10H,4-5,11-12H2. The van der Waals surface area contributed by atoms with Gasteiger partial charge in [-0.3, -0.25) is 0 Å². The fraction of sp³-hybridized carbons (Fsp3) is 0.267. The molecule has 7 nitrogen and oxygen atoms in total. The van der Waals surface area contributed by atoms with Crippen molar-refractivity contribution < 1.29 is 19.5 Å². The molecule has 0 N–H and O–H groups in total. The lowest BCUT2D eigenvalue weighted by molar-refractivity contribution is -0.757. The van der Waals surface area contributed by atoms with Crippen molar-refractivity contribution >= 4 is 5.97 Å². The van der Waals surface area contributed by atoms with Gasteiger partial charge in [-0.15, -0.1) is 10.1 Å². The van der Waals surface area contributed by atoms with E-state index < -0.39 is 11.1 Å². The van der Waals surface area contributed by atoms with Gasteiger partial charge < -0.3 is 14.1 Å². The minimum atomic E-state index is -0.835. The average molecular weight is 304 g/mol. The Morgan fingerprint density at radius 3 is 2.55 bits per heavy atom. The molecule has 2 rings (SSSR count). The molecule has 116 valence electrons. The average Bonchev–Trinajstić information content (AvgIpc) is 3.00. The van der Waals surface area contributed by atoms with Crippen LogP contribution in [0.4, 0.5) is 0 Å². The van der Waals surface area contributed by atoms with Gasteiger partial charge in [0.25, 0.3) is 5.09 Å². The first-order valence-electron chi connectivity index (χ1n) is 6.85. The van der Waals surface area contributed by atoms with Crippen molar-refractivity contribution in [2.75, 3.05) is 13.2 Å². The van der Waals surface area contributed by atoms with Crippen LogP contribution in [0, 0.1) is 10.1 Å². The van der Waals surface area contributed by atoms with Crippen molar-refractivity contribution in [3.05, 3.63) is 64.5 Å². The van der Waals surface area contributed by atoms with E-state index in [9.17, 15) is 14.9 Å². The molecule has 7 heteroatoms. The number of unbranched alkanes of at least 4 members (excludes halogenated alkanes) is 1. The summed E-state index contributed by atoms with van der Waals surface area (Å²) in [5, 5.41) is 9.13. The smallest absolute Gasteiger partial charge is 0.355 e. The molecule has 0 radical (unpaired) electrons. The zero-order valence-corrected chi connectivity index (χ0v) is 11.9. The van der Waals surface area contributed by atoms with Crippen molar-refractivity contribution in [3.63, 3.8) is 0 Å². The Morgan fingerprint density at radius 2 is 1.82 bits per heavy atom. The summed E-state index contributed by atoms with van der Waals surface area (Å²) in [6.45, 7) is 0.199. The Labute approximate surface area is 127 Å². The highest BCUT2D eigenvalue weighted by Gasteiger charge is 2.13. The second kappa shape index (κ2) is 7.82. The fourth-order valence-electron chi connectivity index (χ4n) is 1.94. The maximum atomic E-state index is 12.1. The normalized spacial score (nSPS) is 10.2. The molecule has 0 fully saturated rings. The van der Waals surface area contributed by atoms with Gasteiger partial charge in [-0.05, 0) is 37.1 Å². The number of ether oxygens (including phenoxy) is 1. The second-order valence-electron chi connectivity index (χ2n) is 4.50. The lowest BCUT2D eigenvalue weighted by Gasteiger charge is -2.09. The van der Waals surface area contributed by atoms with E-state index in [1.54, 1.807) is 22.9 Å². The molecule has 22 heavy (non-hydrogen) atoms. The summed E-state index contributed by atoms with van der Waals surface area (Å²) in [5.74, 6) is -0.427. The van der Waals surface area contributed by atoms with E-state index in [4.69, 9.17) is 4.74 Å². The fourth-order valence-corrected chi connectivity index (χ4v) is 1.94. The minimum absolute atomic E-state index is 0.00490. The number of esters is 1. The molecular weight excluding hydrogens is 288 g/mol. The highest BCUT2D eigenvalue weighted by Crippen LogP contribution is 2.13. The van der Waals surface area contributed by atoms with Gasteiger partial charge >= 0.3 is 5.97 Å². The van der Waals surface area contributed by atoms with E-state index in [0.29, 0.717) is 18.5 Å². The third kappa shape index (κ3) is 4.34. The van der Waals surface area contributed by atoms with Gasteiger partial charge in [0, 0.05) is 11.9 Å². The molecule has 0 spiro atoms. The summed E-state index contributed by atoms with van der Waals surface area (Å²) in [6, 6.07) is 12.9. The number of carbonyl (C=O) groups excluding carboxylic acids is 1. The molecule has 0 atom stereocenters. The van der Waals surface area contributed by atoms with Crippen LogP contribution in [0.15, 0.2) is 48.7 Å². The van der Waals surface area contributed by atoms with E-state index >= 15 is 0 Å². The minimum Gasteiger partial charge on any atom is -0.461 e. The van der Waals surface area contributed by atoms with E-state index in [2.05, 4.69) is 4.84 Å². The second-order valence-corrected chi connectivity index (χ2v) is 4.50. The topological polar surface area (TPSA) is 83.6 Å². The predicted molar refractivity (Wildman–Crippen MR) is 78.2 cm³/mol. The zero-order valence-electron chi connectivity index (χ0n) is 11.9. The van der Waals surface area contributed by atoms with Crippen molar-refractivity contribution in [2.24, 2.45) is 0 Å². The maximum Gasteiger partial charge on any atom is 0.355 e. The molecule has 0 saturated carbocycles. The summed E-state index contributed by atoms with van der Waals surface area (Å²) in [5.41, 5.74) is 1.31. The number of nitrogens with zero attached hydrogens (tertiary/aromatic N) is 2. The molecule has 0 amide bonds. The number of benzene rings is 1. The van der Waals surface area contributed by atoms with Crippen LogP contribution >= 0.6 is 0 Å². The van der Waals surface area contributed by atoms with Gasteiger partial charge in [0.1, 0.15) is 5.69 Å². The van der Waals surface area contributed by atoms with Crippen molar-refractivity contribution in [1.29, 1.82) is 0 Å². The van der Waals surface area contributed by atoms with E-state index in [0.717, 1.165) is 5.69 Å². The van der Waals surface area contributed by atoms with Gasteiger partial charge in [-0.1, -0.05) is 18.2 Å². The molecule has 0 aliphatic rings. The molecule has 0 unspecified atom stereocenters. The number of rotatable bonds is 8. The van der Waals surface area contributed by atoms with Crippen molar-refractivity contribution in [1.82, 2.24) is 4.57 Å². The van der Waals surface area contributed by atoms with E-state index in [1.807, 2.05) is 30.3 Å². The molecule has 1 heterocycles. The quantitative estimate of drug-likeness (QED) is 0.324. The highest BCUT2D eigenvalue weighted by atomic mass is 16.9. The van der Waals surface area contributed by atoms with E-state index in [-0.39, 0.29) is 13.2 Å². The molecule has 0 aliphatic carbocycles. The van der Waals surface area contributed by atoms with Crippen LogP contribution in [0.25, 0.3) is 5.69 Å². The molecule has 1 aromatic carbocycles. The SMILES string of the molecule is O=C(OCCCCO[N+](=O)[O-])c1cccn1-c1ccccc1. The number of hydrogen-bond acceptors (Lipinski definition) is 5. The van der Waals surface area contributed by atoms with Crippen LogP contribution in [0.1, 0.15) is 23.3 Å². The summed E-state index contributed by atoms with van der Waals surface area (Å²) in [4.78, 5) is 26.2. The Hall–Kier alpha value is -2.83. The number of para-hydroxylation sites is 1. The Bertz CT molecular complexity index is 624. The Kier molecular flexibility index (Phi) is 5.53.